The molecule has 2 aromatic carbocycles. The molecular weight excluding hydrogens is 258 g/mol. The van der Waals surface area contributed by atoms with E-state index in [1.165, 1.54) is 11.1 Å². The number of nitrogens with two attached hydrogens (primary N) is 1. The molecule has 0 radical (unpaired) electrons. The Bertz CT molecular complexity index is 674. The van der Waals surface area contributed by atoms with Crippen molar-refractivity contribution < 1.29 is 0 Å². The van der Waals surface area contributed by atoms with E-state index in [-0.39, 0.29) is 6.04 Å². The summed E-state index contributed by atoms with van der Waals surface area (Å²) in [7, 11) is 0. The molecule has 2 N–H and O–H groups in total. The summed E-state index contributed by atoms with van der Waals surface area (Å²) in [5, 5.41) is 0. The number of benzene rings is 2. The molecule has 3 aromatic rings. The predicted molar refractivity (Wildman–Crippen MR) is 84.8 cm³/mol. The second-order valence-corrected chi connectivity index (χ2v) is 5.20. The minimum absolute atomic E-state index is 0.0916. The quantitative estimate of drug-likeness (QED) is 0.778. The lowest BCUT2D eigenvalue weighted by Crippen LogP contribution is -2.19. The van der Waals surface area contributed by atoms with Gasteiger partial charge in [-0.25, -0.2) is 4.98 Å². The first-order valence-electron chi connectivity index (χ1n) is 7.17. The zero-order valence-electron chi connectivity index (χ0n) is 11.9. The molecule has 3 nitrogen and oxygen atoms in total. The van der Waals surface area contributed by atoms with E-state index in [1.54, 1.807) is 0 Å². The van der Waals surface area contributed by atoms with E-state index in [0.717, 1.165) is 18.8 Å². The first-order chi connectivity index (χ1) is 10.3. The standard InChI is InChI=1S/C18H19N3/c19-17(13-15-7-3-1-4-8-15)18-20-11-12-21(18)14-16-9-5-2-6-10-16/h1-12,17H,13-14,19H2. The zero-order chi connectivity index (χ0) is 14.5. The Morgan fingerprint density at radius 2 is 1.52 bits per heavy atom. The highest BCUT2D eigenvalue weighted by Gasteiger charge is 2.13. The summed E-state index contributed by atoms with van der Waals surface area (Å²) in [4.78, 5) is 4.45. The van der Waals surface area contributed by atoms with Crippen LogP contribution in [-0.2, 0) is 13.0 Å². The Labute approximate surface area is 125 Å². The van der Waals surface area contributed by atoms with Crippen molar-refractivity contribution in [1.82, 2.24) is 9.55 Å². The van der Waals surface area contributed by atoms with Crippen LogP contribution in [0.5, 0.6) is 0 Å². The van der Waals surface area contributed by atoms with Crippen molar-refractivity contribution in [2.75, 3.05) is 0 Å². The molecule has 1 aromatic heterocycles. The van der Waals surface area contributed by atoms with E-state index in [4.69, 9.17) is 5.73 Å². The fraction of sp³-hybridized carbons (Fsp3) is 0.167. The van der Waals surface area contributed by atoms with Gasteiger partial charge in [-0.2, -0.15) is 0 Å². The van der Waals surface area contributed by atoms with E-state index < -0.39 is 0 Å². The van der Waals surface area contributed by atoms with E-state index in [0.29, 0.717) is 0 Å². The van der Waals surface area contributed by atoms with Crippen LogP contribution in [0.3, 0.4) is 0 Å². The first kappa shape index (κ1) is 13.6. The van der Waals surface area contributed by atoms with Gasteiger partial charge in [-0.15, -0.1) is 0 Å². The van der Waals surface area contributed by atoms with Crippen molar-refractivity contribution >= 4 is 0 Å². The van der Waals surface area contributed by atoms with E-state index in [1.807, 2.05) is 36.7 Å². The number of nitrogens with zero attached hydrogens (tertiary/aromatic N) is 2. The molecule has 1 heterocycles. The van der Waals surface area contributed by atoms with Gasteiger partial charge < -0.3 is 10.3 Å². The molecule has 0 aliphatic rings. The Morgan fingerprint density at radius 1 is 0.905 bits per heavy atom. The Balaban J connectivity index is 1.75. The average Bonchev–Trinajstić information content (AvgIpc) is 2.97. The van der Waals surface area contributed by atoms with Gasteiger partial charge in [0, 0.05) is 18.9 Å². The van der Waals surface area contributed by atoms with Gasteiger partial charge in [0.1, 0.15) is 5.82 Å². The molecule has 0 saturated carbocycles. The van der Waals surface area contributed by atoms with Crippen LogP contribution < -0.4 is 5.73 Å². The third kappa shape index (κ3) is 3.38. The van der Waals surface area contributed by atoms with Crippen molar-refractivity contribution in [3.8, 4) is 0 Å². The van der Waals surface area contributed by atoms with Gasteiger partial charge in [0.2, 0.25) is 0 Å². The number of imidazole rings is 1. The molecule has 106 valence electrons. The summed E-state index contributed by atoms with van der Waals surface area (Å²) in [5.74, 6) is 0.933. The summed E-state index contributed by atoms with van der Waals surface area (Å²) < 4.78 is 2.13. The largest absolute Gasteiger partial charge is 0.329 e. The van der Waals surface area contributed by atoms with Crippen LogP contribution >= 0.6 is 0 Å². The highest BCUT2D eigenvalue weighted by molar-refractivity contribution is 5.19. The summed E-state index contributed by atoms with van der Waals surface area (Å²) >= 11 is 0. The Morgan fingerprint density at radius 3 is 2.19 bits per heavy atom. The van der Waals surface area contributed by atoms with Crippen molar-refractivity contribution in [2.24, 2.45) is 5.73 Å². The normalized spacial score (nSPS) is 12.2. The molecule has 0 fully saturated rings. The van der Waals surface area contributed by atoms with Crippen molar-refractivity contribution in [2.45, 2.75) is 19.0 Å². The maximum atomic E-state index is 6.34. The lowest BCUT2D eigenvalue weighted by atomic mass is 10.1. The van der Waals surface area contributed by atoms with Crippen molar-refractivity contribution in [1.29, 1.82) is 0 Å². The van der Waals surface area contributed by atoms with Gasteiger partial charge in [-0.1, -0.05) is 60.7 Å². The van der Waals surface area contributed by atoms with E-state index >= 15 is 0 Å². The van der Waals surface area contributed by atoms with Crippen LogP contribution in [0.2, 0.25) is 0 Å². The van der Waals surface area contributed by atoms with Crippen molar-refractivity contribution in [3.05, 3.63) is 90.0 Å². The molecule has 1 atom stereocenters. The van der Waals surface area contributed by atoms with Gasteiger partial charge in [-0.05, 0) is 17.5 Å². The van der Waals surface area contributed by atoms with Gasteiger partial charge in [0.25, 0.3) is 0 Å². The van der Waals surface area contributed by atoms with E-state index in [2.05, 4.69) is 45.9 Å². The molecule has 3 rings (SSSR count). The number of aromatic nitrogens is 2. The van der Waals surface area contributed by atoms with Crippen LogP contribution in [0.15, 0.2) is 73.1 Å². The lowest BCUT2D eigenvalue weighted by Gasteiger charge is -2.14. The second-order valence-electron chi connectivity index (χ2n) is 5.20. The van der Waals surface area contributed by atoms with Crippen LogP contribution in [-0.4, -0.2) is 9.55 Å². The maximum absolute atomic E-state index is 6.34. The minimum atomic E-state index is -0.0916. The Hall–Kier alpha value is -2.39. The monoisotopic (exact) mass is 277 g/mol. The molecular formula is C18H19N3. The van der Waals surface area contributed by atoms with Gasteiger partial charge in [0.05, 0.1) is 6.04 Å². The van der Waals surface area contributed by atoms with Gasteiger partial charge in [-0.3, -0.25) is 0 Å². The molecule has 0 aliphatic heterocycles. The SMILES string of the molecule is NC(Cc1ccccc1)c1nccn1Cc1ccccc1. The highest BCUT2D eigenvalue weighted by Crippen LogP contribution is 2.16. The highest BCUT2D eigenvalue weighted by atomic mass is 15.1. The third-order valence-corrected chi connectivity index (χ3v) is 3.57. The molecule has 0 aliphatic carbocycles. The molecule has 0 amide bonds. The smallest absolute Gasteiger partial charge is 0.126 e. The number of hydrogen-bond donors (Lipinski definition) is 1. The first-order valence-corrected chi connectivity index (χ1v) is 7.17. The van der Waals surface area contributed by atoms with Gasteiger partial charge >= 0.3 is 0 Å². The molecule has 21 heavy (non-hydrogen) atoms. The Kier molecular flexibility index (Phi) is 4.12. The fourth-order valence-corrected chi connectivity index (χ4v) is 2.52. The second kappa shape index (κ2) is 6.37. The molecule has 0 spiro atoms. The average molecular weight is 277 g/mol. The fourth-order valence-electron chi connectivity index (χ4n) is 2.52. The van der Waals surface area contributed by atoms with Crippen LogP contribution in [0, 0.1) is 0 Å². The summed E-state index contributed by atoms with van der Waals surface area (Å²) in [5.41, 5.74) is 8.83. The van der Waals surface area contributed by atoms with Crippen molar-refractivity contribution in [3.63, 3.8) is 0 Å². The molecule has 3 heteroatoms. The lowest BCUT2D eigenvalue weighted by molar-refractivity contribution is 0.610. The third-order valence-electron chi connectivity index (χ3n) is 3.57. The van der Waals surface area contributed by atoms with Crippen LogP contribution in [0.4, 0.5) is 0 Å². The van der Waals surface area contributed by atoms with Crippen LogP contribution in [0.25, 0.3) is 0 Å². The summed E-state index contributed by atoms with van der Waals surface area (Å²) in [6, 6.07) is 20.6. The maximum Gasteiger partial charge on any atom is 0.126 e. The molecule has 0 bridgehead atoms. The molecule has 0 saturated heterocycles. The minimum Gasteiger partial charge on any atom is -0.329 e. The van der Waals surface area contributed by atoms with Crippen LogP contribution in [0.1, 0.15) is 23.0 Å². The summed E-state index contributed by atoms with van der Waals surface area (Å²) in [6.07, 6.45) is 4.61. The number of hydrogen-bond acceptors (Lipinski definition) is 2. The molecule has 1 unspecified atom stereocenters. The number of rotatable bonds is 5. The van der Waals surface area contributed by atoms with E-state index in [9.17, 15) is 0 Å². The summed E-state index contributed by atoms with van der Waals surface area (Å²) in [6.45, 7) is 0.804. The van der Waals surface area contributed by atoms with Gasteiger partial charge in [0.15, 0.2) is 0 Å². The zero-order valence-corrected chi connectivity index (χ0v) is 11.9. The predicted octanol–water partition coefficient (Wildman–Crippen LogP) is 3.17. The topological polar surface area (TPSA) is 43.8 Å².